The van der Waals surface area contributed by atoms with Gasteiger partial charge in [-0.25, -0.2) is 0 Å². The van der Waals surface area contributed by atoms with E-state index in [4.69, 9.17) is 29.2 Å². The standard InChI is InChI=1S/C50H34N4O4S2/c1-5-13-37-33(9-1)34-10-2-6-14-38(34)45(37)53-51-29-43-49-47(55-25-27-57-49)41(59-43)23-21-31-17-19-32(20-18-31)22-24-42-48-50(58-28-26-56-48)44(60-42)30-52-54-46-39-15-7-3-11-35(39)36-12-4-8-16-40(36)46/h1-24,29-30H,25-28H2. The first kappa shape index (κ1) is 36.0. The van der Waals surface area contributed by atoms with Gasteiger partial charge < -0.3 is 18.9 Å². The minimum Gasteiger partial charge on any atom is -0.485 e. The Morgan fingerprint density at radius 1 is 0.350 bits per heavy atom. The van der Waals surface area contributed by atoms with Crippen LogP contribution < -0.4 is 18.9 Å². The number of thiophene rings is 2. The van der Waals surface area contributed by atoms with Crippen molar-refractivity contribution in [1.29, 1.82) is 0 Å². The molecule has 0 fully saturated rings. The van der Waals surface area contributed by atoms with E-state index < -0.39 is 0 Å². The van der Waals surface area contributed by atoms with Gasteiger partial charge in [0.05, 0.1) is 31.9 Å². The van der Waals surface area contributed by atoms with Crippen molar-refractivity contribution in [3.8, 4) is 45.3 Å². The summed E-state index contributed by atoms with van der Waals surface area (Å²) in [7, 11) is 0. The van der Waals surface area contributed by atoms with E-state index in [1.165, 1.54) is 22.3 Å². The van der Waals surface area contributed by atoms with Crippen LogP contribution in [0.5, 0.6) is 23.0 Å². The first-order chi connectivity index (χ1) is 29.8. The fourth-order valence-corrected chi connectivity index (χ4v) is 9.85. The van der Waals surface area contributed by atoms with Crippen LogP contribution >= 0.6 is 22.7 Å². The molecule has 290 valence electrons. The Morgan fingerprint density at radius 2 is 0.650 bits per heavy atom. The molecule has 0 unspecified atom stereocenters. The average molecular weight is 819 g/mol. The molecule has 4 heterocycles. The molecule has 8 nitrogen and oxygen atoms in total. The van der Waals surface area contributed by atoms with Crippen LogP contribution in [-0.2, 0) is 0 Å². The monoisotopic (exact) mass is 818 g/mol. The van der Waals surface area contributed by atoms with Gasteiger partial charge in [-0.1, -0.05) is 133 Å². The van der Waals surface area contributed by atoms with Crippen LogP contribution in [0.2, 0.25) is 0 Å². The summed E-state index contributed by atoms with van der Waals surface area (Å²) in [6.45, 7) is 1.97. The van der Waals surface area contributed by atoms with Gasteiger partial charge in [-0.2, -0.15) is 10.2 Å². The van der Waals surface area contributed by atoms with Gasteiger partial charge in [0, 0.05) is 22.3 Å². The minimum absolute atomic E-state index is 0.487. The number of nitrogens with zero attached hydrogens (tertiary/aromatic N) is 4. The second-order valence-corrected chi connectivity index (χ2v) is 16.4. The molecule has 0 saturated heterocycles. The van der Waals surface area contributed by atoms with Crippen LogP contribution in [0.3, 0.4) is 0 Å². The molecule has 7 aromatic rings. The maximum Gasteiger partial charge on any atom is 0.181 e. The molecular formula is C50H34N4O4S2. The van der Waals surface area contributed by atoms with Gasteiger partial charge in [-0.05, 0) is 45.5 Å². The molecule has 10 heteroatoms. The molecule has 0 radical (unpaired) electrons. The number of hydrogen-bond donors (Lipinski definition) is 0. The van der Waals surface area contributed by atoms with Crippen molar-refractivity contribution in [2.24, 2.45) is 20.4 Å². The molecule has 0 saturated carbocycles. The summed E-state index contributed by atoms with van der Waals surface area (Å²) < 4.78 is 24.3. The summed E-state index contributed by atoms with van der Waals surface area (Å²) in [5, 5.41) is 18.5. The molecule has 0 atom stereocenters. The van der Waals surface area contributed by atoms with Gasteiger partial charge in [0.1, 0.15) is 37.9 Å². The first-order valence-electron chi connectivity index (χ1n) is 19.7. The van der Waals surface area contributed by atoms with Crippen LogP contribution in [0.1, 0.15) is 52.9 Å². The van der Waals surface area contributed by atoms with E-state index in [-0.39, 0.29) is 0 Å². The van der Waals surface area contributed by atoms with Crippen LogP contribution in [0.15, 0.2) is 142 Å². The molecule has 5 aromatic carbocycles. The fourth-order valence-electron chi connectivity index (χ4n) is 7.92. The lowest BCUT2D eigenvalue weighted by molar-refractivity contribution is 0.173. The van der Waals surface area contributed by atoms with Gasteiger partial charge in [-0.3, -0.25) is 0 Å². The molecule has 4 aliphatic rings. The number of hydrogen-bond acceptors (Lipinski definition) is 10. The number of fused-ring (bicyclic) bond motifs is 8. The normalized spacial score (nSPS) is 14.6. The lowest BCUT2D eigenvalue weighted by Gasteiger charge is -2.16. The Morgan fingerprint density at radius 3 is 0.983 bits per heavy atom. The highest BCUT2D eigenvalue weighted by Crippen LogP contribution is 2.46. The molecule has 0 amide bonds. The quantitative estimate of drug-likeness (QED) is 0.113. The Labute approximate surface area is 354 Å². The Bertz CT molecular complexity index is 2710. The third kappa shape index (κ3) is 6.56. The third-order valence-electron chi connectivity index (χ3n) is 10.7. The van der Waals surface area contributed by atoms with E-state index in [0.29, 0.717) is 37.9 Å². The zero-order valence-electron chi connectivity index (χ0n) is 32.1. The summed E-state index contributed by atoms with van der Waals surface area (Å²) >= 11 is 3.14. The molecule has 2 aromatic heterocycles. The van der Waals surface area contributed by atoms with Crippen LogP contribution in [0.25, 0.3) is 46.6 Å². The highest BCUT2D eigenvalue weighted by atomic mass is 32.1. The maximum atomic E-state index is 6.10. The van der Waals surface area contributed by atoms with E-state index in [2.05, 4.69) is 132 Å². The van der Waals surface area contributed by atoms with Crippen LogP contribution in [0.4, 0.5) is 0 Å². The molecular weight excluding hydrogens is 785 g/mol. The maximum absolute atomic E-state index is 6.10. The zero-order chi connectivity index (χ0) is 39.8. The van der Waals surface area contributed by atoms with Crippen molar-refractivity contribution in [3.05, 3.63) is 174 Å². The van der Waals surface area contributed by atoms with Crippen LogP contribution in [-0.4, -0.2) is 50.3 Å². The number of rotatable bonds is 8. The summed E-state index contributed by atoms with van der Waals surface area (Å²) in [4.78, 5) is 3.67. The Kier molecular flexibility index (Phi) is 9.33. The Balaban J connectivity index is 0.804. The van der Waals surface area contributed by atoms with E-state index in [9.17, 15) is 0 Å². The molecule has 60 heavy (non-hydrogen) atoms. The summed E-state index contributed by atoms with van der Waals surface area (Å²) in [5.74, 6) is 2.90. The zero-order valence-corrected chi connectivity index (χ0v) is 33.7. The largest absolute Gasteiger partial charge is 0.485 e. The molecule has 0 bridgehead atoms. The van der Waals surface area contributed by atoms with Crippen molar-refractivity contribution in [1.82, 2.24) is 0 Å². The predicted molar refractivity (Wildman–Crippen MR) is 245 cm³/mol. The van der Waals surface area contributed by atoms with Gasteiger partial charge in [0.15, 0.2) is 23.0 Å². The number of ether oxygens (including phenoxy) is 4. The van der Waals surface area contributed by atoms with Crippen molar-refractivity contribution < 1.29 is 18.9 Å². The smallest absolute Gasteiger partial charge is 0.181 e. The van der Waals surface area contributed by atoms with Crippen molar-refractivity contribution in [3.63, 3.8) is 0 Å². The van der Waals surface area contributed by atoms with E-state index in [1.807, 2.05) is 24.3 Å². The summed E-state index contributed by atoms with van der Waals surface area (Å²) in [5.41, 5.74) is 12.9. The molecule has 0 spiro atoms. The van der Waals surface area contributed by atoms with E-state index >= 15 is 0 Å². The third-order valence-corrected chi connectivity index (χ3v) is 12.8. The van der Waals surface area contributed by atoms with Gasteiger partial charge in [-0.15, -0.1) is 32.9 Å². The highest BCUT2D eigenvalue weighted by molar-refractivity contribution is 7.15. The first-order valence-corrected chi connectivity index (χ1v) is 21.3. The molecule has 2 aliphatic heterocycles. The van der Waals surface area contributed by atoms with E-state index in [1.54, 1.807) is 35.1 Å². The van der Waals surface area contributed by atoms with Gasteiger partial charge >= 0.3 is 0 Å². The number of benzene rings is 5. The average Bonchev–Trinajstić information content (AvgIpc) is 4.04. The molecule has 11 rings (SSSR count). The predicted octanol–water partition coefficient (Wildman–Crippen LogP) is 11.4. The molecule has 2 aliphatic carbocycles. The van der Waals surface area contributed by atoms with Gasteiger partial charge in [0.25, 0.3) is 0 Å². The van der Waals surface area contributed by atoms with Crippen molar-refractivity contribution in [2.75, 3.05) is 26.4 Å². The molecule has 0 N–H and O–H groups in total. The lowest BCUT2D eigenvalue weighted by atomic mass is 10.1. The second kappa shape index (κ2) is 15.6. The lowest BCUT2D eigenvalue weighted by Crippen LogP contribution is -2.15. The van der Waals surface area contributed by atoms with E-state index in [0.717, 1.165) is 75.8 Å². The summed E-state index contributed by atoms with van der Waals surface area (Å²) in [6, 6.07) is 41.7. The van der Waals surface area contributed by atoms with Crippen molar-refractivity contribution >= 4 is 70.8 Å². The fraction of sp³-hybridized carbons (Fsp3) is 0.0800. The minimum atomic E-state index is 0.487. The topological polar surface area (TPSA) is 86.4 Å². The second-order valence-electron chi connectivity index (χ2n) is 14.3. The SMILES string of the molecule is C(=Cc1sc(C=NN=C2c3ccccc3-c3ccccc32)c2c1OCCO2)c1ccc(C=Cc2sc(C=NN=C3c4ccccc4-c4ccccc43)c3c2OCCO3)cc1. The van der Waals surface area contributed by atoms with Crippen molar-refractivity contribution in [2.45, 2.75) is 0 Å². The Hall–Kier alpha value is -7.14. The highest BCUT2D eigenvalue weighted by Gasteiger charge is 2.27. The van der Waals surface area contributed by atoms with Gasteiger partial charge in [0.2, 0.25) is 0 Å². The van der Waals surface area contributed by atoms with Crippen LogP contribution in [0, 0.1) is 0 Å². The summed E-state index contributed by atoms with van der Waals surface area (Å²) in [6.07, 6.45) is 11.9.